The summed E-state index contributed by atoms with van der Waals surface area (Å²) in [5.41, 5.74) is 8.42. The molecule has 1 aromatic heterocycles. The Balaban J connectivity index is 2.04. The molecular weight excluding hydrogens is 242 g/mol. The van der Waals surface area contributed by atoms with E-state index in [2.05, 4.69) is 12.1 Å². The predicted molar refractivity (Wildman–Crippen MR) is 77.7 cm³/mol. The molecule has 0 radical (unpaired) electrons. The van der Waals surface area contributed by atoms with Crippen LogP contribution in [0.3, 0.4) is 0 Å². The number of rotatable bonds is 2. The van der Waals surface area contributed by atoms with E-state index in [1.807, 2.05) is 41.6 Å². The lowest BCUT2D eigenvalue weighted by Gasteiger charge is -2.05. The highest BCUT2D eigenvalue weighted by Gasteiger charge is 2.24. The zero-order valence-corrected chi connectivity index (χ0v) is 11.3. The molecule has 18 heavy (non-hydrogen) atoms. The fraction of sp³-hybridized carbons (Fsp3) is 0.357. The number of hydrogen-bond donors (Lipinski definition) is 1. The molecule has 0 saturated carbocycles. The predicted octanol–water partition coefficient (Wildman–Crippen LogP) is 2.89. The van der Waals surface area contributed by atoms with E-state index in [0.717, 1.165) is 28.7 Å². The summed E-state index contributed by atoms with van der Waals surface area (Å²) < 4.78 is 2.01. The number of nitrogen functional groups attached to an aromatic ring is 1. The van der Waals surface area contributed by atoms with Crippen molar-refractivity contribution < 1.29 is 0 Å². The number of hydrogen-bond acceptors (Lipinski definition) is 3. The van der Waals surface area contributed by atoms with Crippen LogP contribution in [-0.4, -0.2) is 21.1 Å². The smallest absolute Gasteiger partial charge is 0.141 e. The molecule has 1 aliphatic rings. The number of imidazole rings is 1. The molecule has 1 aliphatic heterocycles. The summed E-state index contributed by atoms with van der Waals surface area (Å²) >= 11 is 1.99. The third-order valence-corrected chi connectivity index (χ3v) is 4.68. The minimum Gasteiger partial charge on any atom is -0.384 e. The fourth-order valence-corrected chi connectivity index (χ4v) is 3.66. The van der Waals surface area contributed by atoms with Crippen LogP contribution in [0.4, 0.5) is 5.82 Å². The number of anilines is 1. The monoisotopic (exact) mass is 259 g/mol. The van der Waals surface area contributed by atoms with E-state index in [0.29, 0.717) is 5.92 Å². The quantitative estimate of drug-likeness (QED) is 0.902. The van der Waals surface area contributed by atoms with E-state index in [4.69, 9.17) is 10.7 Å². The summed E-state index contributed by atoms with van der Waals surface area (Å²) in [6.45, 7) is 0. The van der Waals surface area contributed by atoms with E-state index in [1.54, 1.807) is 0 Å². The summed E-state index contributed by atoms with van der Waals surface area (Å²) in [6.07, 6.45) is 1.19. The van der Waals surface area contributed by atoms with Crippen LogP contribution in [0.25, 0.3) is 11.4 Å². The maximum Gasteiger partial charge on any atom is 0.141 e. The van der Waals surface area contributed by atoms with Gasteiger partial charge in [0.05, 0.1) is 5.69 Å². The Morgan fingerprint density at radius 1 is 1.33 bits per heavy atom. The van der Waals surface area contributed by atoms with Gasteiger partial charge in [-0.25, -0.2) is 4.98 Å². The van der Waals surface area contributed by atoms with Crippen molar-refractivity contribution in [3.05, 3.63) is 36.0 Å². The van der Waals surface area contributed by atoms with Gasteiger partial charge in [0.25, 0.3) is 0 Å². The third-order valence-electron chi connectivity index (χ3n) is 3.52. The SMILES string of the molecule is Cn1c(-c2ccccc2)nc(C2CCSC2)c1N. The average molecular weight is 259 g/mol. The second-order valence-electron chi connectivity index (χ2n) is 4.69. The number of nitrogens with two attached hydrogens (primary N) is 1. The number of benzene rings is 1. The molecule has 1 saturated heterocycles. The van der Waals surface area contributed by atoms with Gasteiger partial charge in [-0.1, -0.05) is 30.3 Å². The largest absolute Gasteiger partial charge is 0.384 e. The highest BCUT2D eigenvalue weighted by atomic mass is 32.2. The number of nitrogens with zero attached hydrogens (tertiary/aromatic N) is 2. The van der Waals surface area contributed by atoms with Crippen molar-refractivity contribution in [3.8, 4) is 11.4 Å². The maximum atomic E-state index is 6.21. The van der Waals surface area contributed by atoms with Gasteiger partial charge in [0.15, 0.2) is 0 Å². The molecule has 1 atom stereocenters. The lowest BCUT2D eigenvalue weighted by molar-refractivity contribution is 0.760. The minimum absolute atomic E-state index is 0.527. The molecule has 1 unspecified atom stereocenters. The van der Waals surface area contributed by atoms with Gasteiger partial charge >= 0.3 is 0 Å². The molecule has 3 rings (SSSR count). The molecular formula is C14H17N3S. The second-order valence-corrected chi connectivity index (χ2v) is 5.84. The normalized spacial score (nSPS) is 19.3. The molecule has 1 fully saturated rings. The summed E-state index contributed by atoms with van der Waals surface area (Å²) in [7, 11) is 2.00. The van der Waals surface area contributed by atoms with Crippen LogP contribution >= 0.6 is 11.8 Å². The van der Waals surface area contributed by atoms with E-state index in [9.17, 15) is 0 Å². The van der Waals surface area contributed by atoms with Crippen LogP contribution in [0.5, 0.6) is 0 Å². The van der Waals surface area contributed by atoms with Crippen molar-refractivity contribution >= 4 is 17.6 Å². The molecule has 2 heterocycles. The van der Waals surface area contributed by atoms with Crippen molar-refractivity contribution in [1.82, 2.24) is 9.55 Å². The summed E-state index contributed by atoms with van der Waals surface area (Å²) in [5.74, 6) is 4.69. The fourth-order valence-electron chi connectivity index (χ4n) is 2.43. The third kappa shape index (κ3) is 1.90. The first kappa shape index (κ1) is 11.7. The number of thioether (sulfide) groups is 1. The Morgan fingerprint density at radius 2 is 2.11 bits per heavy atom. The lowest BCUT2D eigenvalue weighted by atomic mass is 10.1. The molecule has 4 heteroatoms. The van der Waals surface area contributed by atoms with Gasteiger partial charge < -0.3 is 10.3 Å². The van der Waals surface area contributed by atoms with Gasteiger partial charge in [-0.2, -0.15) is 11.8 Å². The summed E-state index contributed by atoms with van der Waals surface area (Å²) in [4.78, 5) is 4.79. The molecule has 0 aliphatic carbocycles. The maximum absolute atomic E-state index is 6.21. The summed E-state index contributed by atoms with van der Waals surface area (Å²) in [6, 6.07) is 10.2. The van der Waals surface area contributed by atoms with Gasteiger partial charge in [0.1, 0.15) is 11.6 Å². The molecule has 0 bridgehead atoms. The van der Waals surface area contributed by atoms with Crippen LogP contribution in [0.1, 0.15) is 18.0 Å². The van der Waals surface area contributed by atoms with Gasteiger partial charge in [-0.3, -0.25) is 0 Å². The van der Waals surface area contributed by atoms with Gasteiger partial charge in [-0.05, 0) is 12.2 Å². The highest BCUT2D eigenvalue weighted by Crippen LogP contribution is 2.36. The first-order valence-electron chi connectivity index (χ1n) is 6.22. The Kier molecular flexibility index (Phi) is 3.04. The van der Waals surface area contributed by atoms with Crippen LogP contribution in [0.2, 0.25) is 0 Å². The van der Waals surface area contributed by atoms with Crippen molar-refractivity contribution in [2.45, 2.75) is 12.3 Å². The standard InChI is InChI=1S/C14H17N3S/c1-17-13(15)12(11-7-8-18-9-11)16-14(17)10-5-3-2-4-6-10/h2-6,11H,7-9,15H2,1H3. The Bertz CT molecular complexity index is 542. The molecule has 0 spiro atoms. The first-order valence-corrected chi connectivity index (χ1v) is 7.38. The molecule has 94 valence electrons. The Hall–Kier alpha value is -1.42. The molecule has 0 amide bonds. The van der Waals surface area contributed by atoms with Crippen molar-refractivity contribution in [1.29, 1.82) is 0 Å². The van der Waals surface area contributed by atoms with Crippen LogP contribution in [-0.2, 0) is 7.05 Å². The highest BCUT2D eigenvalue weighted by molar-refractivity contribution is 7.99. The summed E-state index contributed by atoms with van der Waals surface area (Å²) in [5, 5.41) is 0. The average Bonchev–Trinajstić information content (AvgIpc) is 3.01. The zero-order valence-electron chi connectivity index (χ0n) is 10.5. The van der Waals surface area contributed by atoms with Gasteiger partial charge in [0.2, 0.25) is 0 Å². The van der Waals surface area contributed by atoms with Gasteiger partial charge in [-0.15, -0.1) is 0 Å². The van der Waals surface area contributed by atoms with Gasteiger partial charge in [0, 0.05) is 24.3 Å². The van der Waals surface area contributed by atoms with Crippen LogP contribution < -0.4 is 5.73 Å². The van der Waals surface area contributed by atoms with E-state index < -0.39 is 0 Å². The lowest BCUT2D eigenvalue weighted by Crippen LogP contribution is -2.03. The molecule has 2 N–H and O–H groups in total. The first-order chi connectivity index (χ1) is 8.77. The van der Waals surface area contributed by atoms with Crippen LogP contribution in [0, 0.1) is 0 Å². The minimum atomic E-state index is 0.527. The van der Waals surface area contributed by atoms with Crippen LogP contribution in [0.15, 0.2) is 30.3 Å². The van der Waals surface area contributed by atoms with Crippen molar-refractivity contribution in [3.63, 3.8) is 0 Å². The van der Waals surface area contributed by atoms with E-state index in [1.165, 1.54) is 12.2 Å². The molecule has 1 aromatic carbocycles. The second kappa shape index (κ2) is 4.69. The molecule has 3 nitrogen and oxygen atoms in total. The Labute approximate surface area is 111 Å². The van der Waals surface area contributed by atoms with Crippen molar-refractivity contribution in [2.24, 2.45) is 7.05 Å². The van der Waals surface area contributed by atoms with Crippen molar-refractivity contribution in [2.75, 3.05) is 17.2 Å². The Morgan fingerprint density at radius 3 is 2.78 bits per heavy atom. The topological polar surface area (TPSA) is 43.8 Å². The zero-order chi connectivity index (χ0) is 12.5. The number of aromatic nitrogens is 2. The molecule has 2 aromatic rings. The van der Waals surface area contributed by atoms with E-state index >= 15 is 0 Å². The van der Waals surface area contributed by atoms with E-state index in [-0.39, 0.29) is 0 Å².